The largest absolute Gasteiger partial charge is 0.501 e. The molecule has 0 fully saturated rings. The number of alkyl halides is 6. The lowest BCUT2D eigenvalue weighted by molar-refractivity contribution is -0.137. The zero-order valence-electron chi connectivity index (χ0n) is 17.5. The Kier molecular flexibility index (Phi) is 6.04. The van der Waals surface area contributed by atoms with E-state index in [9.17, 15) is 39.6 Å². The van der Waals surface area contributed by atoms with Crippen LogP contribution in [-0.2, 0) is 22.4 Å². The van der Waals surface area contributed by atoms with E-state index in [1.807, 2.05) is 0 Å². The molecule has 0 spiro atoms. The van der Waals surface area contributed by atoms with Crippen molar-refractivity contribution in [3.63, 3.8) is 0 Å². The number of amides is 1. The fraction of sp³-hybridized carbons (Fsp3) is 0.174. The molecular formula is C23H15F6NO4S. The van der Waals surface area contributed by atoms with Crippen LogP contribution in [0.25, 0.3) is 0 Å². The molecule has 1 aliphatic rings. The van der Waals surface area contributed by atoms with E-state index >= 15 is 0 Å². The molecule has 0 saturated carbocycles. The van der Waals surface area contributed by atoms with Gasteiger partial charge in [0.15, 0.2) is 0 Å². The van der Waals surface area contributed by atoms with Gasteiger partial charge >= 0.3 is 11.7 Å². The Bertz CT molecular complexity index is 1380. The van der Waals surface area contributed by atoms with E-state index in [2.05, 4.69) is 0 Å². The highest BCUT2D eigenvalue weighted by Crippen LogP contribution is 2.35. The molecule has 0 bridgehead atoms. The maximum Gasteiger partial charge on any atom is 0.501 e. The maximum atomic E-state index is 13.1. The Hall–Kier alpha value is -3.54. The summed E-state index contributed by atoms with van der Waals surface area (Å²) in [6.07, 6.45) is -4.17. The lowest BCUT2D eigenvalue weighted by atomic mass is 9.98. The van der Waals surface area contributed by atoms with Crippen molar-refractivity contribution >= 4 is 21.4 Å². The van der Waals surface area contributed by atoms with Gasteiger partial charge in [-0.1, -0.05) is 12.1 Å². The minimum absolute atomic E-state index is 0.0277. The van der Waals surface area contributed by atoms with E-state index in [4.69, 9.17) is 4.74 Å². The third-order valence-corrected chi connectivity index (χ3v) is 6.81. The SMILES string of the molecule is O=C1c2cc(Oc3ccc(C(F)(F)F)cc3)ccc2CCN1c1cccc(S(=O)(=O)C(F)(F)F)c1. The van der Waals surface area contributed by atoms with E-state index in [0.29, 0.717) is 12.0 Å². The molecule has 0 radical (unpaired) electrons. The van der Waals surface area contributed by atoms with Crippen molar-refractivity contribution in [1.29, 1.82) is 0 Å². The first-order valence-corrected chi connectivity index (χ1v) is 11.5. The molecule has 0 atom stereocenters. The lowest BCUT2D eigenvalue weighted by Crippen LogP contribution is -2.37. The first-order valence-electron chi connectivity index (χ1n) is 9.99. The van der Waals surface area contributed by atoms with Gasteiger partial charge in [-0.25, -0.2) is 8.42 Å². The number of sulfone groups is 1. The zero-order valence-corrected chi connectivity index (χ0v) is 18.3. The molecule has 35 heavy (non-hydrogen) atoms. The minimum atomic E-state index is -5.60. The van der Waals surface area contributed by atoms with Crippen LogP contribution in [0.1, 0.15) is 21.5 Å². The quantitative estimate of drug-likeness (QED) is 0.401. The highest BCUT2D eigenvalue weighted by atomic mass is 32.2. The van der Waals surface area contributed by atoms with Crippen molar-refractivity contribution in [2.75, 3.05) is 11.4 Å². The van der Waals surface area contributed by atoms with Gasteiger partial charge < -0.3 is 9.64 Å². The predicted molar refractivity (Wildman–Crippen MR) is 113 cm³/mol. The van der Waals surface area contributed by atoms with Gasteiger partial charge in [-0.3, -0.25) is 4.79 Å². The summed E-state index contributed by atoms with van der Waals surface area (Å²) in [5.41, 5.74) is -5.57. The molecule has 0 aromatic heterocycles. The maximum absolute atomic E-state index is 13.1. The molecule has 184 valence electrons. The van der Waals surface area contributed by atoms with Crippen molar-refractivity contribution in [3.05, 3.63) is 83.4 Å². The first-order chi connectivity index (χ1) is 16.3. The van der Waals surface area contributed by atoms with E-state index in [1.165, 1.54) is 18.2 Å². The van der Waals surface area contributed by atoms with Crippen LogP contribution < -0.4 is 9.64 Å². The summed E-state index contributed by atoms with van der Waals surface area (Å²) in [5.74, 6) is -0.332. The Balaban J connectivity index is 1.60. The molecule has 0 unspecified atom stereocenters. The first kappa shape index (κ1) is 24.6. The average Bonchev–Trinajstić information content (AvgIpc) is 2.79. The van der Waals surface area contributed by atoms with Crippen LogP contribution in [-0.4, -0.2) is 26.4 Å². The zero-order chi connectivity index (χ0) is 25.6. The van der Waals surface area contributed by atoms with Gasteiger partial charge in [0.1, 0.15) is 11.5 Å². The average molecular weight is 515 g/mol. The molecule has 1 heterocycles. The van der Waals surface area contributed by atoms with Gasteiger partial charge in [-0.05, 0) is 66.6 Å². The van der Waals surface area contributed by atoms with Gasteiger partial charge in [0.05, 0.1) is 10.5 Å². The molecule has 0 saturated heterocycles. The van der Waals surface area contributed by atoms with E-state index < -0.39 is 37.9 Å². The molecule has 4 rings (SSSR count). The van der Waals surface area contributed by atoms with Crippen molar-refractivity contribution in [2.24, 2.45) is 0 Å². The summed E-state index contributed by atoms with van der Waals surface area (Å²) >= 11 is 0. The molecule has 5 nitrogen and oxygen atoms in total. The Labute approximate surface area is 195 Å². The fourth-order valence-electron chi connectivity index (χ4n) is 3.56. The highest BCUT2D eigenvalue weighted by molar-refractivity contribution is 7.92. The number of hydrogen-bond acceptors (Lipinski definition) is 4. The second kappa shape index (κ2) is 8.59. The summed E-state index contributed by atoms with van der Waals surface area (Å²) in [5, 5.41) is 0. The number of halogens is 6. The smallest absolute Gasteiger partial charge is 0.457 e. The van der Waals surface area contributed by atoms with Crippen LogP contribution in [0.4, 0.5) is 32.0 Å². The number of benzene rings is 3. The van der Waals surface area contributed by atoms with Gasteiger partial charge in [0, 0.05) is 17.8 Å². The van der Waals surface area contributed by atoms with Gasteiger partial charge in [-0.15, -0.1) is 0 Å². The fourth-order valence-corrected chi connectivity index (χ4v) is 4.36. The Morgan fingerprint density at radius 1 is 0.829 bits per heavy atom. The van der Waals surface area contributed by atoms with E-state index in [1.54, 1.807) is 6.07 Å². The monoisotopic (exact) mass is 515 g/mol. The number of ether oxygens (including phenoxy) is 1. The molecule has 1 amide bonds. The Morgan fingerprint density at radius 3 is 2.11 bits per heavy atom. The number of anilines is 1. The van der Waals surface area contributed by atoms with Gasteiger partial charge in [0.2, 0.25) is 0 Å². The van der Waals surface area contributed by atoms with Crippen LogP contribution in [0.15, 0.2) is 71.6 Å². The topological polar surface area (TPSA) is 63.7 Å². The lowest BCUT2D eigenvalue weighted by Gasteiger charge is -2.29. The van der Waals surface area contributed by atoms with Crippen molar-refractivity contribution in [2.45, 2.75) is 23.0 Å². The van der Waals surface area contributed by atoms with Crippen LogP contribution in [0, 0.1) is 0 Å². The standard InChI is InChI=1S/C23H15F6NO4S/c24-22(25,26)15-5-8-17(9-6-15)34-18-7-4-14-10-11-30(21(31)20(14)13-18)16-2-1-3-19(12-16)35(32,33)23(27,28)29/h1-9,12-13H,10-11H2. The number of hydrogen-bond donors (Lipinski definition) is 0. The summed E-state index contributed by atoms with van der Waals surface area (Å²) < 4.78 is 106. The normalized spacial score (nSPS) is 14.6. The highest BCUT2D eigenvalue weighted by Gasteiger charge is 2.47. The van der Waals surface area contributed by atoms with E-state index in [0.717, 1.165) is 47.4 Å². The van der Waals surface area contributed by atoms with Crippen LogP contribution in [0.3, 0.4) is 0 Å². The van der Waals surface area contributed by atoms with Crippen molar-refractivity contribution in [1.82, 2.24) is 0 Å². The summed E-state index contributed by atoms with van der Waals surface area (Å²) in [6.45, 7) is 0.0977. The summed E-state index contributed by atoms with van der Waals surface area (Å²) in [7, 11) is -5.60. The van der Waals surface area contributed by atoms with Crippen molar-refractivity contribution in [3.8, 4) is 11.5 Å². The van der Waals surface area contributed by atoms with Crippen molar-refractivity contribution < 1.29 is 44.3 Å². The van der Waals surface area contributed by atoms with Gasteiger partial charge in [0.25, 0.3) is 15.7 Å². The van der Waals surface area contributed by atoms with E-state index in [-0.39, 0.29) is 29.3 Å². The van der Waals surface area contributed by atoms with Gasteiger partial charge in [-0.2, -0.15) is 26.3 Å². The number of nitrogens with zero attached hydrogens (tertiary/aromatic N) is 1. The number of carbonyl (C=O) groups is 1. The molecule has 3 aromatic rings. The molecule has 12 heteroatoms. The Morgan fingerprint density at radius 2 is 1.49 bits per heavy atom. The minimum Gasteiger partial charge on any atom is -0.457 e. The number of rotatable bonds is 4. The molecule has 0 aliphatic carbocycles. The predicted octanol–water partition coefficient (Wildman–Crippen LogP) is 5.99. The summed E-state index contributed by atoms with van der Waals surface area (Å²) in [6, 6.07) is 12.5. The van der Waals surface area contributed by atoms with Crippen LogP contribution in [0.2, 0.25) is 0 Å². The second-order valence-electron chi connectivity index (χ2n) is 7.60. The van der Waals surface area contributed by atoms with Crippen LogP contribution >= 0.6 is 0 Å². The molecule has 1 aliphatic heterocycles. The third-order valence-electron chi connectivity index (χ3n) is 5.32. The number of carbonyl (C=O) groups excluding carboxylic acids is 1. The molecule has 0 N–H and O–H groups in total. The molecular weight excluding hydrogens is 500 g/mol. The molecule has 3 aromatic carbocycles. The van der Waals surface area contributed by atoms with Crippen LogP contribution in [0.5, 0.6) is 11.5 Å². The second-order valence-corrected chi connectivity index (χ2v) is 9.54. The number of fused-ring (bicyclic) bond motifs is 1. The third kappa shape index (κ3) is 4.83. The summed E-state index contributed by atoms with van der Waals surface area (Å²) in [4.78, 5) is 13.3.